The lowest BCUT2D eigenvalue weighted by molar-refractivity contribution is 0.101. The molecule has 2 fully saturated rings. The number of aryl methyl sites for hydroxylation is 1. The molecule has 0 radical (unpaired) electrons. The minimum atomic E-state index is -0.289. The van der Waals surface area contributed by atoms with Gasteiger partial charge in [0.25, 0.3) is 5.56 Å². The van der Waals surface area contributed by atoms with Crippen molar-refractivity contribution in [2.45, 2.75) is 45.6 Å². The molecule has 34 heavy (non-hydrogen) atoms. The molecule has 178 valence electrons. The van der Waals surface area contributed by atoms with Gasteiger partial charge in [-0.15, -0.1) is 0 Å². The van der Waals surface area contributed by atoms with Crippen LogP contribution in [-0.4, -0.2) is 51.5 Å². The Kier molecular flexibility index (Phi) is 5.91. The number of hydrogen-bond acceptors (Lipinski definition) is 8. The Labute approximate surface area is 196 Å². The van der Waals surface area contributed by atoms with Gasteiger partial charge < -0.3 is 20.5 Å². The third-order valence-electron chi connectivity index (χ3n) is 6.85. The van der Waals surface area contributed by atoms with E-state index in [0.717, 1.165) is 51.9 Å². The highest BCUT2D eigenvalue weighted by atomic mass is 16.1. The number of ketones is 1. The molecule has 3 N–H and O–H groups in total. The Morgan fingerprint density at radius 2 is 1.91 bits per heavy atom. The van der Waals surface area contributed by atoms with Crippen LogP contribution in [0.4, 0.5) is 17.5 Å². The summed E-state index contributed by atoms with van der Waals surface area (Å²) in [7, 11) is 0. The third kappa shape index (κ3) is 3.98. The minimum Gasteiger partial charge on any atom is -0.365 e. The monoisotopic (exact) mass is 463 g/mol. The van der Waals surface area contributed by atoms with Crippen LogP contribution in [0.25, 0.3) is 11.0 Å². The number of aromatic amines is 1. The molecule has 1 saturated carbocycles. The molecule has 1 aliphatic heterocycles. The van der Waals surface area contributed by atoms with Crippen molar-refractivity contribution in [3.63, 3.8) is 0 Å². The van der Waals surface area contributed by atoms with Crippen LogP contribution in [0, 0.1) is 6.92 Å². The molecule has 0 aromatic carbocycles. The van der Waals surface area contributed by atoms with Gasteiger partial charge in [-0.05, 0) is 32.3 Å². The molecule has 10 nitrogen and oxygen atoms in total. The number of hydrogen-bond donors (Lipinski definition) is 3. The summed E-state index contributed by atoms with van der Waals surface area (Å²) in [6.07, 6.45) is 7.18. The highest BCUT2D eigenvalue weighted by Crippen LogP contribution is 2.32. The van der Waals surface area contributed by atoms with E-state index in [0.29, 0.717) is 28.1 Å². The Morgan fingerprint density at radius 3 is 2.59 bits per heavy atom. The Bertz CT molecular complexity index is 1370. The van der Waals surface area contributed by atoms with Crippen LogP contribution in [0.3, 0.4) is 0 Å². The molecule has 10 heteroatoms. The smallest absolute Gasteiger partial charge is 0.263 e. The van der Waals surface area contributed by atoms with Crippen molar-refractivity contribution in [2.75, 3.05) is 36.4 Å². The van der Waals surface area contributed by atoms with E-state index in [1.165, 1.54) is 13.0 Å². The first kappa shape index (κ1) is 22.3. The highest BCUT2D eigenvalue weighted by Gasteiger charge is 2.26. The number of rotatable bonds is 5. The second-order valence-electron chi connectivity index (χ2n) is 9.06. The molecule has 0 spiro atoms. The summed E-state index contributed by atoms with van der Waals surface area (Å²) in [6, 6.07) is 1.51. The molecule has 1 aliphatic carbocycles. The van der Waals surface area contributed by atoms with Gasteiger partial charge >= 0.3 is 0 Å². The number of fused-ring (bicyclic) bond motifs is 1. The largest absolute Gasteiger partial charge is 0.365 e. The van der Waals surface area contributed by atoms with Crippen LogP contribution < -0.4 is 26.5 Å². The fourth-order valence-electron chi connectivity index (χ4n) is 5.12. The highest BCUT2D eigenvalue weighted by molar-refractivity contribution is 5.99. The van der Waals surface area contributed by atoms with Crippen LogP contribution in [0.1, 0.15) is 54.6 Å². The first-order chi connectivity index (χ1) is 16.4. The number of pyridine rings is 2. The van der Waals surface area contributed by atoms with Crippen LogP contribution in [0.15, 0.2) is 28.0 Å². The topological polar surface area (TPSA) is 125 Å². The Morgan fingerprint density at radius 1 is 1.18 bits per heavy atom. The van der Waals surface area contributed by atoms with Crippen LogP contribution in [0.5, 0.6) is 0 Å². The predicted octanol–water partition coefficient (Wildman–Crippen LogP) is 2.26. The van der Waals surface area contributed by atoms with Crippen LogP contribution in [0.2, 0.25) is 0 Å². The number of nitrogens with one attached hydrogen (secondary N) is 3. The van der Waals surface area contributed by atoms with Crippen molar-refractivity contribution >= 4 is 34.3 Å². The lowest BCUT2D eigenvalue weighted by atomic mass is 10.0. The van der Waals surface area contributed by atoms with E-state index >= 15 is 0 Å². The molecule has 2 aliphatic rings. The molecule has 0 amide bonds. The third-order valence-corrected chi connectivity index (χ3v) is 6.85. The zero-order valence-electron chi connectivity index (χ0n) is 19.5. The molecule has 0 atom stereocenters. The van der Waals surface area contributed by atoms with Crippen molar-refractivity contribution in [3.8, 4) is 0 Å². The van der Waals surface area contributed by atoms with E-state index < -0.39 is 0 Å². The molecular formula is C24H29N7O3. The van der Waals surface area contributed by atoms with E-state index in [-0.39, 0.29) is 34.3 Å². The van der Waals surface area contributed by atoms with E-state index in [1.807, 2.05) is 0 Å². The summed E-state index contributed by atoms with van der Waals surface area (Å²) in [5.41, 5.74) is 1.57. The van der Waals surface area contributed by atoms with Crippen molar-refractivity contribution in [1.82, 2.24) is 24.8 Å². The quantitative estimate of drug-likeness (QED) is 0.492. The second-order valence-corrected chi connectivity index (χ2v) is 9.06. The number of nitrogens with zero attached hydrogens (tertiary/aromatic N) is 4. The van der Waals surface area contributed by atoms with E-state index in [1.54, 1.807) is 23.9 Å². The maximum Gasteiger partial charge on any atom is 0.263 e. The molecule has 0 bridgehead atoms. The van der Waals surface area contributed by atoms with Gasteiger partial charge in [0.05, 0.1) is 5.56 Å². The number of anilines is 3. The van der Waals surface area contributed by atoms with Gasteiger partial charge in [-0.3, -0.25) is 19.0 Å². The summed E-state index contributed by atoms with van der Waals surface area (Å²) in [4.78, 5) is 52.6. The van der Waals surface area contributed by atoms with Gasteiger partial charge in [0.15, 0.2) is 5.78 Å². The van der Waals surface area contributed by atoms with Gasteiger partial charge in [-0.1, -0.05) is 12.8 Å². The molecule has 5 rings (SSSR count). The van der Waals surface area contributed by atoms with Gasteiger partial charge in [0.1, 0.15) is 17.2 Å². The van der Waals surface area contributed by atoms with Crippen molar-refractivity contribution in [2.24, 2.45) is 0 Å². The molecule has 3 aromatic heterocycles. The average molecular weight is 464 g/mol. The van der Waals surface area contributed by atoms with Crippen molar-refractivity contribution < 1.29 is 4.79 Å². The Balaban J connectivity index is 1.54. The summed E-state index contributed by atoms with van der Waals surface area (Å²) >= 11 is 0. The van der Waals surface area contributed by atoms with E-state index in [2.05, 4.69) is 30.5 Å². The normalized spacial score (nSPS) is 16.8. The summed E-state index contributed by atoms with van der Waals surface area (Å²) in [5, 5.41) is 7.03. The number of carbonyl (C=O) groups excluding carboxylic acids is 1. The maximum atomic E-state index is 13.3. The number of Topliss-reactive ketones (excluding diaryl/α,β-unsaturated/α-hetero) is 1. The minimum absolute atomic E-state index is 0.00886. The average Bonchev–Trinajstić information content (AvgIpc) is 3.34. The fourth-order valence-corrected chi connectivity index (χ4v) is 5.12. The van der Waals surface area contributed by atoms with Crippen LogP contribution in [-0.2, 0) is 0 Å². The standard InChI is InChI=1S/C24H29N7O3/c1-14-17-12-27-24(28-20-11-19(33)18(13-26-20)30-9-7-25-8-10-30)29-22(17)31(16-5-3-4-6-16)23(34)21(14)15(2)32/h11-13,16,25H,3-10H2,1-2H3,(H2,26,27,28,29,33). The maximum absolute atomic E-state index is 13.3. The summed E-state index contributed by atoms with van der Waals surface area (Å²) < 4.78 is 1.68. The Hall–Kier alpha value is -3.53. The number of carbonyl (C=O) groups is 1. The predicted molar refractivity (Wildman–Crippen MR) is 131 cm³/mol. The molecule has 4 heterocycles. The van der Waals surface area contributed by atoms with Crippen molar-refractivity contribution in [1.29, 1.82) is 0 Å². The summed E-state index contributed by atoms with van der Waals surface area (Å²) in [5.74, 6) is 0.495. The van der Waals surface area contributed by atoms with Gasteiger partial charge in [0, 0.05) is 56.1 Å². The SMILES string of the molecule is CC(=O)c1c(C)c2cnc(Nc3cc(=O)c(N4CCNCC4)c[nH]3)nc2n(C2CCCC2)c1=O. The lowest BCUT2D eigenvalue weighted by Gasteiger charge is -2.28. The zero-order chi connectivity index (χ0) is 23.8. The van der Waals surface area contributed by atoms with E-state index in [9.17, 15) is 14.4 Å². The van der Waals surface area contributed by atoms with Crippen LogP contribution >= 0.6 is 0 Å². The van der Waals surface area contributed by atoms with Crippen molar-refractivity contribution in [3.05, 3.63) is 50.2 Å². The van der Waals surface area contributed by atoms with Gasteiger partial charge in [-0.25, -0.2) is 4.98 Å². The number of piperazine rings is 1. The molecule has 1 saturated heterocycles. The number of H-pyrrole nitrogens is 1. The molecule has 0 unspecified atom stereocenters. The second kappa shape index (κ2) is 9.02. The molecular weight excluding hydrogens is 434 g/mol. The van der Waals surface area contributed by atoms with Gasteiger partial charge in [-0.2, -0.15) is 4.98 Å². The van der Waals surface area contributed by atoms with Gasteiger partial charge in [0.2, 0.25) is 11.4 Å². The lowest BCUT2D eigenvalue weighted by Crippen LogP contribution is -2.45. The first-order valence-electron chi connectivity index (χ1n) is 11.8. The fraction of sp³-hybridized carbons (Fsp3) is 0.458. The number of aromatic nitrogens is 4. The summed E-state index contributed by atoms with van der Waals surface area (Å²) in [6.45, 7) is 6.44. The first-order valence-corrected chi connectivity index (χ1v) is 11.8. The van der Waals surface area contributed by atoms with E-state index in [4.69, 9.17) is 0 Å². The molecule has 3 aromatic rings. The zero-order valence-corrected chi connectivity index (χ0v) is 19.5.